The highest BCUT2D eigenvalue weighted by molar-refractivity contribution is 6.32. The van der Waals surface area contributed by atoms with E-state index in [0.29, 0.717) is 35.7 Å². The monoisotopic (exact) mass is 448 g/mol. The molecule has 0 aliphatic rings. The second-order valence-electron chi connectivity index (χ2n) is 8.23. The van der Waals surface area contributed by atoms with E-state index in [-0.39, 0.29) is 5.78 Å². The standard InChI is InChI=1S/C26H29ClN4O/c1-5-22(32)14-19-11-10-18(4)21(13-19)15-28-26-29-16-23(27)25(31-26)30-24-9-7-6-8-20(24)12-17(2)3/h5-11,13,16-17H,1,12,14-15H2,2-4H3,(H2,28,29,30,31). The summed E-state index contributed by atoms with van der Waals surface area (Å²) in [5.74, 6) is 1.58. The molecule has 3 rings (SSSR count). The van der Waals surface area contributed by atoms with Gasteiger partial charge in [-0.2, -0.15) is 4.98 Å². The summed E-state index contributed by atoms with van der Waals surface area (Å²) < 4.78 is 0. The molecule has 5 nitrogen and oxygen atoms in total. The SMILES string of the molecule is C=CC(=O)Cc1ccc(C)c(CNc2ncc(Cl)c(Nc3ccccc3CC(C)C)n2)c1. The first-order valence-electron chi connectivity index (χ1n) is 10.7. The van der Waals surface area contributed by atoms with Crippen molar-refractivity contribution < 1.29 is 4.79 Å². The minimum atomic E-state index is 0.00209. The third kappa shape index (κ3) is 6.41. The van der Waals surface area contributed by atoms with Crippen LogP contribution in [0.15, 0.2) is 61.3 Å². The van der Waals surface area contributed by atoms with Gasteiger partial charge in [-0.1, -0.05) is 68.4 Å². The van der Waals surface area contributed by atoms with E-state index >= 15 is 0 Å². The van der Waals surface area contributed by atoms with Crippen molar-refractivity contribution in [1.29, 1.82) is 0 Å². The molecule has 0 amide bonds. The summed E-state index contributed by atoms with van der Waals surface area (Å²) in [6.45, 7) is 10.5. The van der Waals surface area contributed by atoms with E-state index in [4.69, 9.17) is 11.6 Å². The lowest BCUT2D eigenvalue weighted by molar-refractivity contribution is -0.114. The van der Waals surface area contributed by atoms with Gasteiger partial charge < -0.3 is 10.6 Å². The predicted molar refractivity (Wildman–Crippen MR) is 133 cm³/mol. The lowest BCUT2D eigenvalue weighted by Gasteiger charge is -2.15. The molecule has 0 bridgehead atoms. The van der Waals surface area contributed by atoms with Gasteiger partial charge >= 0.3 is 0 Å². The number of halogens is 1. The molecule has 2 aromatic carbocycles. The highest BCUT2D eigenvalue weighted by Gasteiger charge is 2.10. The molecule has 0 spiro atoms. The van der Waals surface area contributed by atoms with Crippen molar-refractivity contribution in [2.45, 2.75) is 40.2 Å². The number of allylic oxidation sites excluding steroid dienone is 1. The Morgan fingerprint density at radius 2 is 1.97 bits per heavy atom. The fourth-order valence-corrected chi connectivity index (χ4v) is 3.54. The van der Waals surface area contributed by atoms with E-state index in [1.807, 2.05) is 43.3 Å². The summed E-state index contributed by atoms with van der Waals surface area (Å²) in [7, 11) is 0. The van der Waals surface area contributed by atoms with Crippen molar-refractivity contribution in [3.63, 3.8) is 0 Å². The largest absolute Gasteiger partial charge is 0.350 e. The molecule has 1 heterocycles. The number of ketones is 1. The molecular formula is C26H29ClN4O. The second-order valence-corrected chi connectivity index (χ2v) is 8.64. The Morgan fingerprint density at radius 3 is 2.72 bits per heavy atom. The van der Waals surface area contributed by atoms with Gasteiger partial charge in [-0.3, -0.25) is 4.79 Å². The number of aryl methyl sites for hydroxylation is 1. The lowest BCUT2D eigenvalue weighted by atomic mass is 10.0. The van der Waals surface area contributed by atoms with Gasteiger partial charge in [0.15, 0.2) is 11.6 Å². The number of hydrogen-bond donors (Lipinski definition) is 2. The fraction of sp³-hybridized carbons (Fsp3) is 0.269. The molecule has 0 saturated heterocycles. The summed E-state index contributed by atoms with van der Waals surface area (Å²) >= 11 is 6.37. The summed E-state index contributed by atoms with van der Waals surface area (Å²) in [6.07, 6.45) is 4.25. The zero-order valence-corrected chi connectivity index (χ0v) is 19.5. The molecule has 0 radical (unpaired) electrons. The predicted octanol–water partition coefficient (Wildman–Crippen LogP) is 6.29. The van der Waals surface area contributed by atoms with E-state index in [1.54, 1.807) is 6.20 Å². The Bertz CT molecular complexity index is 1110. The van der Waals surface area contributed by atoms with Gasteiger partial charge in [0.2, 0.25) is 5.95 Å². The number of nitrogens with zero attached hydrogens (tertiary/aromatic N) is 2. The molecule has 0 unspecified atom stereocenters. The van der Waals surface area contributed by atoms with Crippen LogP contribution in [0.25, 0.3) is 0 Å². The molecule has 1 aromatic heterocycles. The first-order valence-corrected chi connectivity index (χ1v) is 11.1. The minimum absolute atomic E-state index is 0.00209. The van der Waals surface area contributed by atoms with Crippen LogP contribution in [-0.2, 0) is 24.2 Å². The van der Waals surface area contributed by atoms with Crippen LogP contribution in [0, 0.1) is 12.8 Å². The number of anilines is 3. The second kappa shape index (κ2) is 10.9. The van der Waals surface area contributed by atoms with Crippen molar-refractivity contribution >= 4 is 34.8 Å². The number of benzene rings is 2. The van der Waals surface area contributed by atoms with Gasteiger partial charge in [-0.05, 0) is 53.7 Å². The minimum Gasteiger partial charge on any atom is -0.350 e. The van der Waals surface area contributed by atoms with E-state index in [2.05, 4.69) is 47.1 Å². The summed E-state index contributed by atoms with van der Waals surface area (Å²) in [4.78, 5) is 20.6. The fourth-order valence-electron chi connectivity index (χ4n) is 3.40. The van der Waals surface area contributed by atoms with Crippen molar-refractivity contribution in [2.24, 2.45) is 5.92 Å². The molecular weight excluding hydrogens is 420 g/mol. The van der Waals surface area contributed by atoms with E-state index in [1.165, 1.54) is 11.6 Å². The third-order valence-electron chi connectivity index (χ3n) is 5.10. The quantitative estimate of drug-likeness (QED) is 0.357. The molecule has 3 aromatic rings. The van der Waals surface area contributed by atoms with Gasteiger partial charge in [-0.25, -0.2) is 4.98 Å². The average molecular weight is 449 g/mol. The van der Waals surface area contributed by atoms with Gasteiger partial charge in [-0.15, -0.1) is 0 Å². The molecule has 166 valence electrons. The number of carbonyl (C=O) groups excluding carboxylic acids is 1. The average Bonchev–Trinajstić information content (AvgIpc) is 2.77. The van der Waals surface area contributed by atoms with Crippen LogP contribution in [0.4, 0.5) is 17.5 Å². The van der Waals surface area contributed by atoms with Crippen molar-refractivity contribution in [3.8, 4) is 0 Å². The maximum absolute atomic E-state index is 11.7. The summed E-state index contributed by atoms with van der Waals surface area (Å²) in [6, 6.07) is 14.2. The smallest absolute Gasteiger partial charge is 0.224 e. The van der Waals surface area contributed by atoms with Crippen LogP contribution in [0.3, 0.4) is 0 Å². The van der Waals surface area contributed by atoms with E-state index in [9.17, 15) is 4.79 Å². The van der Waals surface area contributed by atoms with Gasteiger partial charge in [0, 0.05) is 18.7 Å². The van der Waals surface area contributed by atoms with Crippen LogP contribution in [0.1, 0.15) is 36.1 Å². The Kier molecular flexibility index (Phi) is 8.01. The molecule has 6 heteroatoms. The van der Waals surface area contributed by atoms with Gasteiger partial charge in [0.05, 0.1) is 6.20 Å². The maximum atomic E-state index is 11.7. The molecule has 0 fully saturated rings. The Balaban J connectivity index is 1.75. The van der Waals surface area contributed by atoms with E-state index in [0.717, 1.165) is 28.8 Å². The van der Waals surface area contributed by atoms with Crippen LogP contribution in [0.5, 0.6) is 0 Å². The molecule has 0 aliphatic heterocycles. The number of rotatable bonds is 10. The lowest BCUT2D eigenvalue weighted by Crippen LogP contribution is -2.08. The Labute approximate surface area is 195 Å². The normalized spacial score (nSPS) is 10.8. The molecule has 0 saturated carbocycles. The van der Waals surface area contributed by atoms with E-state index < -0.39 is 0 Å². The Morgan fingerprint density at radius 1 is 1.19 bits per heavy atom. The van der Waals surface area contributed by atoms with Gasteiger partial charge in [0.25, 0.3) is 0 Å². The van der Waals surface area contributed by atoms with Crippen LogP contribution in [-0.4, -0.2) is 15.8 Å². The summed E-state index contributed by atoms with van der Waals surface area (Å²) in [5.41, 5.74) is 5.37. The number of nitrogens with one attached hydrogen (secondary N) is 2. The topological polar surface area (TPSA) is 66.9 Å². The Hall–Kier alpha value is -3.18. The van der Waals surface area contributed by atoms with Crippen LogP contribution >= 0.6 is 11.6 Å². The number of aromatic nitrogens is 2. The number of para-hydroxylation sites is 1. The third-order valence-corrected chi connectivity index (χ3v) is 5.38. The van der Waals surface area contributed by atoms with Crippen LogP contribution in [0.2, 0.25) is 5.02 Å². The number of carbonyl (C=O) groups is 1. The zero-order valence-electron chi connectivity index (χ0n) is 18.8. The maximum Gasteiger partial charge on any atom is 0.224 e. The van der Waals surface area contributed by atoms with Crippen molar-refractivity contribution in [2.75, 3.05) is 10.6 Å². The molecule has 0 aliphatic carbocycles. The molecule has 2 N–H and O–H groups in total. The highest BCUT2D eigenvalue weighted by atomic mass is 35.5. The highest BCUT2D eigenvalue weighted by Crippen LogP contribution is 2.27. The first kappa shape index (κ1) is 23.5. The van der Waals surface area contributed by atoms with Crippen LogP contribution < -0.4 is 10.6 Å². The molecule has 0 atom stereocenters. The van der Waals surface area contributed by atoms with Crippen molar-refractivity contribution in [1.82, 2.24) is 9.97 Å². The molecule has 32 heavy (non-hydrogen) atoms. The zero-order chi connectivity index (χ0) is 23.1. The summed E-state index contributed by atoms with van der Waals surface area (Å²) in [5, 5.41) is 7.09. The first-order chi connectivity index (χ1) is 15.4. The van der Waals surface area contributed by atoms with Gasteiger partial charge in [0.1, 0.15) is 5.02 Å². The number of hydrogen-bond acceptors (Lipinski definition) is 5. The van der Waals surface area contributed by atoms with Crippen molar-refractivity contribution in [3.05, 3.63) is 88.6 Å².